The third-order valence-electron chi connectivity index (χ3n) is 2.10. The molecule has 0 saturated carbocycles. The number of halogens is 1. The molecule has 0 radical (unpaired) electrons. The Balaban J connectivity index is 2.43. The molecule has 0 bridgehead atoms. The van der Waals surface area contributed by atoms with Crippen molar-refractivity contribution in [2.24, 2.45) is 0 Å². The van der Waals surface area contributed by atoms with E-state index in [9.17, 15) is 4.79 Å². The summed E-state index contributed by atoms with van der Waals surface area (Å²) in [7, 11) is 1.52. The number of benzene rings is 1. The minimum Gasteiger partial charge on any atom is -0.372 e. The molecule has 82 valence electrons. The average molecular weight is 272 g/mol. The van der Waals surface area contributed by atoms with Crippen LogP contribution < -0.4 is 5.32 Å². The van der Waals surface area contributed by atoms with Crippen LogP contribution in [0.1, 0.15) is 12.5 Å². The smallest absolute Gasteiger partial charge is 0.249 e. The van der Waals surface area contributed by atoms with Gasteiger partial charge in [0.05, 0.1) is 0 Å². The van der Waals surface area contributed by atoms with Crippen LogP contribution in [0.3, 0.4) is 0 Å². The molecule has 0 saturated heterocycles. The monoisotopic (exact) mass is 271 g/mol. The second-order valence-corrected chi connectivity index (χ2v) is 4.14. The standard InChI is InChI=1S/C11H14BrNO2/c1-8(15-2)11(14)13-7-9-3-5-10(12)6-4-9/h3-6,8H,7H2,1-2H3,(H,13,14). The van der Waals surface area contributed by atoms with Gasteiger partial charge in [0.25, 0.3) is 0 Å². The van der Waals surface area contributed by atoms with Gasteiger partial charge in [-0.1, -0.05) is 28.1 Å². The van der Waals surface area contributed by atoms with Crippen LogP contribution in [-0.2, 0) is 16.1 Å². The first-order valence-corrected chi connectivity index (χ1v) is 5.47. The van der Waals surface area contributed by atoms with Gasteiger partial charge >= 0.3 is 0 Å². The summed E-state index contributed by atoms with van der Waals surface area (Å²) in [6.07, 6.45) is -0.402. The number of ether oxygens (including phenoxy) is 1. The van der Waals surface area contributed by atoms with Crippen molar-refractivity contribution in [1.82, 2.24) is 5.32 Å². The Morgan fingerprint density at radius 2 is 2.07 bits per heavy atom. The third-order valence-corrected chi connectivity index (χ3v) is 2.63. The lowest BCUT2D eigenvalue weighted by Gasteiger charge is -2.10. The number of carbonyl (C=O) groups is 1. The maximum absolute atomic E-state index is 11.4. The molecule has 1 N–H and O–H groups in total. The normalized spacial score (nSPS) is 12.2. The van der Waals surface area contributed by atoms with E-state index in [-0.39, 0.29) is 5.91 Å². The predicted molar refractivity (Wildman–Crippen MR) is 62.5 cm³/mol. The van der Waals surface area contributed by atoms with E-state index in [1.807, 2.05) is 24.3 Å². The fraction of sp³-hybridized carbons (Fsp3) is 0.364. The van der Waals surface area contributed by atoms with Crippen molar-refractivity contribution in [3.63, 3.8) is 0 Å². The first-order chi connectivity index (χ1) is 7.13. The minimum absolute atomic E-state index is 0.0968. The molecular formula is C11H14BrNO2. The van der Waals surface area contributed by atoms with Crippen molar-refractivity contribution in [3.8, 4) is 0 Å². The van der Waals surface area contributed by atoms with Gasteiger partial charge in [-0.05, 0) is 24.6 Å². The van der Waals surface area contributed by atoms with Crippen molar-refractivity contribution in [2.75, 3.05) is 7.11 Å². The van der Waals surface area contributed by atoms with Crippen molar-refractivity contribution in [3.05, 3.63) is 34.3 Å². The van der Waals surface area contributed by atoms with Crippen LogP contribution in [0.2, 0.25) is 0 Å². The zero-order chi connectivity index (χ0) is 11.3. The van der Waals surface area contributed by atoms with E-state index in [1.165, 1.54) is 7.11 Å². The van der Waals surface area contributed by atoms with Crippen LogP contribution in [0.25, 0.3) is 0 Å². The van der Waals surface area contributed by atoms with Gasteiger partial charge in [0.2, 0.25) is 5.91 Å². The molecule has 1 unspecified atom stereocenters. The SMILES string of the molecule is COC(C)C(=O)NCc1ccc(Br)cc1. The van der Waals surface area contributed by atoms with E-state index in [1.54, 1.807) is 6.92 Å². The largest absolute Gasteiger partial charge is 0.372 e. The fourth-order valence-corrected chi connectivity index (χ4v) is 1.31. The lowest BCUT2D eigenvalue weighted by molar-refractivity contribution is -0.130. The Labute approximate surface area is 97.9 Å². The Morgan fingerprint density at radius 1 is 1.47 bits per heavy atom. The van der Waals surface area contributed by atoms with Gasteiger partial charge in [-0.2, -0.15) is 0 Å². The Hall–Kier alpha value is -0.870. The van der Waals surface area contributed by atoms with E-state index in [0.29, 0.717) is 6.54 Å². The highest BCUT2D eigenvalue weighted by Gasteiger charge is 2.09. The zero-order valence-electron chi connectivity index (χ0n) is 8.79. The maximum Gasteiger partial charge on any atom is 0.249 e. The van der Waals surface area contributed by atoms with Gasteiger partial charge in [0.15, 0.2) is 0 Å². The van der Waals surface area contributed by atoms with Gasteiger partial charge in [-0.3, -0.25) is 4.79 Å². The molecule has 0 aliphatic carbocycles. The number of rotatable bonds is 4. The topological polar surface area (TPSA) is 38.3 Å². The summed E-state index contributed by atoms with van der Waals surface area (Å²) in [6, 6.07) is 7.81. The number of nitrogens with one attached hydrogen (secondary N) is 1. The molecule has 3 nitrogen and oxygen atoms in total. The molecule has 1 aromatic carbocycles. The molecule has 0 spiro atoms. The van der Waals surface area contributed by atoms with Gasteiger partial charge in [-0.25, -0.2) is 0 Å². The number of amides is 1. The molecule has 0 aliphatic rings. The Bertz CT molecular complexity index is 324. The highest BCUT2D eigenvalue weighted by Crippen LogP contribution is 2.10. The molecule has 1 aromatic rings. The Kier molecular flexibility index (Phi) is 4.78. The van der Waals surface area contributed by atoms with Crippen LogP contribution >= 0.6 is 15.9 Å². The van der Waals surface area contributed by atoms with E-state index in [2.05, 4.69) is 21.2 Å². The van der Waals surface area contributed by atoms with E-state index >= 15 is 0 Å². The molecule has 4 heteroatoms. The van der Waals surface area contributed by atoms with Gasteiger partial charge in [0, 0.05) is 18.1 Å². The predicted octanol–water partition coefficient (Wildman–Crippen LogP) is 2.10. The van der Waals surface area contributed by atoms with Crippen LogP contribution in [0.4, 0.5) is 0 Å². The van der Waals surface area contributed by atoms with Gasteiger partial charge < -0.3 is 10.1 Å². The quantitative estimate of drug-likeness (QED) is 0.911. The second kappa shape index (κ2) is 5.88. The summed E-state index contributed by atoms with van der Waals surface area (Å²) in [5.41, 5.74) is 1.06. The first kappa shape index (κ1) is 12.2. The second-order valence-electron chi connectivity index (χ2n) is 3.22. The van der Waals surface area contributed by atoms with E-state index < -0.39 is 6.10 Å². The molecule has 0 aliphatic heterocycles. The molecule has 15 heavy (non-hydrogen) atoms. The highest BCUT2D eigenvalue weighted by molar-refractivity contribution is 9.10. The fourth-order valence-electron chi connectivity index (χ4n) is 1.04. The summed E-state index contributed by atoms with van der Waals surface area (Å²) in [4.78, 5) is 11.4. The number of carbonyl (C=O) groups excluding carboxylic acids is 1. The Morgan fingerprint density at radius 3 is 2.60 bits per heavy atom. The van der Waals surface area contributed by atoms with E-state index in [0.717, 1.165) is 10.0 Å². The maximum atomic E-state index is 11.4. The molecule has 1 amide bonds. The molecular weight excluding hydrogens is 258 g/mol. The van der Waals surface area contributed by atoms with Crippen molar-refractivity contribution < 1.29 is 9.53 Å². The highest BCUT2D eigenvalue weighted by atomic mass is 79.9. The third kappa shape index (κ3) is 4.01. The van der Waals surface area contributed by atoms with Crippen molar-refractivity contribution in [2.45, 2.75) is 19.6 Å². The number of hydrogen-bond acceptors (Lipinski definition) is 2. The summed E-state index contributed by atoms with van der Waals surface area (Å²) in [5.74, 6) is -0.0968. The van der Waals surface area contributed by atoms with Crippen LogP contribution in [0.15, 0.2) is 28.7 Å². The summed E-state index contributed by atoms with van der Waals surface area (Å²) in [5, 5.41) is 2.79. The van der Waals surface area contributed by atoms with Gasteiger partial charge in [-0.15, -0.1) is 0 Å². The van der Waals surface area contributed by atoms with Crippen molar-refractivity contribution >= 4 is 21.8 Å². The molecule has 0 fully saturated rings. The molecule has 1 rings (SSSR count). The minimum atomic E-state index is -0.402. The first-order valence-electron chi connectivity index (χ1n) is 4.68. The lowest BCUT2D eigenvalue weighted by atomic mass is 10.2. The van der Waals surface area contributed by atoms with Gasteiger partial charge in [0.1, 0.15) is 6.10 Å². The molecule has 1 atom stereocenters. The summed E-state index contributed by atoms with van der Waals surface area (Å²) in [6.45, 7) is 2.25. The van der Waals surface area contributed by atoms with Crippen LogP contribution in [0, 0.1) is 0 Å². The average Bonchev–Trinajstić information content (AvgIpc) is 2.26. The lowest BCUT2D eigenvalue weighted by Crippen LogP contribution is -2.33. The van der Waals surface area contributed by atoms with E-state index in [4.69, 9.17) is 4.74 Å². The zero-order valence-corrected chi connectivity index (χ0v) is 10.4. The molecule has 0 aromatic heterocycles. The van der Waals surface area contributed by atoms with Crippen LogP contribution in [-0.4, -0.2) is 19.1 Å². The number of hydrogen-bond donors (Lipinski definition) is 1. The summed E-state index contributed by atoms with van der Waals surface area (Å²) < 4.78 is 5.93. The van der Waals surface area contributed by atoms with Crippen LogP contribution in [0.5, 0.6) is 0 Å². The summed E-state index contributed by atoms with van der Waals surface area (Å²) >= 11 is 3.35. The number of methoxy groups -OCH3 is 1. The molecule has 0 heterocycles. The van der Waals surface area contributed by atoms with Crippen molar-refractivity contribution in [1.29, 1.82) is 0 Å².